The van der Waals surface area contributed by atoms with Crippen LogP contribution in [0.4, 0.5) is 0 Å². The van der Waals surface area contributed by atoms with Crippen LogP contribution >= 0.6 is 0 Å². The number of rotatable bonds is 3. The summed E-state index contributed by atoms with van der Waals surface area (Å²) in [7, 11) is 0. The molecular formula is C16H22N2O. The standard InChI is InChI=1S/C16H22N2O/c1-6-12-9(3)14(17-11(12)5)8-15-13(7-2)10(4)16(19)18-15/h8,17H,6-7H2,1-5H3,(H,18,19)/b15-8+. The molecule has 2 heterocycles. The predicted octanol–water partition coefficient (Wildman–Crippen LogP) is 3.39. The van der Waals surface area contributed by atoms with Gasteiger partial charge < -0.3 is 10.3 Å². The van der Waals surface area contributed by atoms with Gasteiger partial charge in [0.05, 0.1) is 0 Å². The molecule has 0 saturated carbocycles. The number of carbonyl (C=O) groups is 1. The molecule has 1 aliphatic heterocycles. The lowest BCUT2D eigenvalue weighted by Crippen LogP contribution is -2.15. The van der Waals surface area contributed by atoms with Gasteiger partial charge in [-0.25, -0.2) is 0 Å². The molecule has 0 saturated heterocycles. The molecule has 0 unspecified atom stereocenters. The summed E-state index contributed by atoms with van der Waals surface area (Å²) in [6, 6.07) is 0. The van der Waals surface area contributed by atoms with E-state index in [2.05, 4.69) is 44.1 Å². The predicted molar refractivity (Wildman–Crippen MR) is 78.8 cm³/mol. The van der Waals surface area contributed by atoms with E-state index in [9.17, 15) is 4.79 Å². The Bertz CT molecular complexity index is 588. The van der Waals surface area contributed by atoms with Gasteiger partial charge in [0.15, 0.2) is 0 Å². The van der Waals surface area contributed by atoms with Crippen LogP contribution in [0.15, 0.2) is 16.8 Å². The van der Waals surface area contributed by atoms with Crippen molar-refractivity contribution in [3.8, 4) is 0 Å². The highest BCUT2D eigenvalue weighted by atomic mass is 16.1. The maximum atomic E-state index is 11.7. The quantitative estimate of drug-likeness (QED) is 0.857. The van der Waals surface area contributed by atoms with E-state index in [1.807, 2.05) is 6.92 Å². The normalized spacial score (nSPS) is 17.5. The Balaban J connectivity index is 2.46. The van der Waals surface area contributed by atoms with E-state index in [4.69, 9.17) is 0 Å². The number of nitrogens with one attached hydrogen (secondary N) is 2. The largest absolute Gasteiger partial charge is 0.359 e. The van der Waals surface area contributed by atoms with Crippen LogP contribution in [0.3, 0.4) is 0 Å². The van der Waals surface area contributed by atoms with Crippen molar-refractivity contribution >= 4 is 12.0 Å². The molecular weight excluding hydrogens is 236 g/mol. The lowest BCUT2D eigenvalue weighted by molar-refractivity contribution is -0.116. The molecule has 1 aromatic heterocycles. The van der Waals surface area contributed by atoms with Crippen molar-refractivity contribution in [2.75, 3.05) is 0 Å². The molecule has 0 aliphatic carbocycles. The van der Waals surface area contributed by atoms with Gasteiger partial charge in [-0.2, -0.15) is 0 Å². The average Bonchev–Trinajstić information content (AvgIpc) is 2.78. The number of aromatic nitrogens is 1. The molecule has 2 N–H and O–H groups in total. The van der Waals surface area contributed by atoms with Crippen LogP contribution in [0, 0.1) is 13.8 Å². The first-order valence-corrected chi connectivity index (χ1v) is 6.90. The van der Waals surface area contributed by atoms with Gasteiger partial charge in [-0.15, -0.1) is 0 Å². The van der Waals surface area contributed by atoms with Gasteiger partial charge in [0.25, 0.3) is 5.91 Å². The molecule has 0 bridgehead atoms. The fourth-order valence-electron chi connectivity index (χ4n) is 2.84. The molecule has 102 valence electrons. The van der Waals surface area contributed by atoms with Gasteiger partial charge >= 0.3 is 0 Å². The smallest absolute Gasteiger partial charge is 0.251 e. The number of aryl methyl sites for hydroxylation is 1. The van der Waals surface area contributed by atoms with Crippen LogP contribution < -0.4 is 5.32 Å². The summed E-state index contributed by atoms with van der Waals surface area (Å²) in [5.74, 6) is 0.0275. The van der Waals surface area contributed by atoms with Crippen LogP contribution in [0.25, 0.3) is 6.08 Å². The van der Waals surface area contributed by atoms with E-state index in [1.165, 1.54) is 16.8 Å². The van der Waals surface area contributed by atoms with Crippen LogP contribution in [0.1, 0.15) is 49.7 Å². The van der Waals surface area contributed by atoms with Gasteiger partial charge in [-0.05, 0) is 56.4 Å². The minimum atomic E-state index is 0.0275. The van der Waals surface area contributed by atoms with Crippen molar-refractivity contribution in [1.29, 1.82) is 0 Å². The van der Waals surface area contributed by atoms with Crippen LogP contribution in [0.5, 0.6) is 0 Å². The van der Waals surface area contributed by atoms with E-state index < -0.39 is 0 Å². The van der Waals surface area contributed by atoms with E-state index in [-0.39, 0.29) is 5.91 Å². The Morgan fingerprint density at radius 2 is 1.79 bits per heavy atom. The molecule has 0 radical (unpaired) electrons. The molecule has 1 aromatic rings. The van der Waals surface area contributed by atoms with Crippen LogP contribution in [-0.2, 0) is 11.2 Å². The first-order valence-electron chi connectivity index (χ1n) is 6.90. The van der Waals surface area contributed by atoms with Gasteiger partial charge in [0.2, 0.25) is 0 Å². The van der Waals surface area contributed by atoms with E-state index >= 15 is 0 Å². The summed E-state index contributed by atoms with van der Waals surface area (Å²) < 4.78 is 0. The topological polar surface area (TPSA) is 44.9 Å². The van der Waals surface area contributed by atoms with Crippen molar-refractivity contribution in [3.05, 3.63) is 39.4 Å². The molecule has 1 aliphatic rings. The molecule has 1 amide bonds. The maximum absolute atomic E-state index is 11.7. The molecule has 0 aromatic carbocycles. The van der Waals surface area contributed by atoms with Gasteiger partial charge in [-0.3, -0.25) is 4.79 Å². The van der Waals surface area contributed by atoms with Crippen molar-refractivity contribution in [2.45, 2.75) is 47.5 Å². The highest BCUT2D eigenvalue weighted by Gasteiger charge is 2.22. The number of hydrogen-bond acceptors (Lipinski definition) is 1. The molecule has 3 nitrogen and oxygen atoms in total. The highest BCUT2D eigenvalue weighted by Crippen LogP contribution is 2.27. The number of carbonyl (C=O) groups excluding carboxylic acids is 1. The molecule has 2 rings (SSSR count). The second-order valence-electron chi connectivity index (χ2n) is 5.09. The van der Waals surface area contributed by atoms with Crippen molar-refractivity contribution in [2.24, 2.45) is 0 Å². The fraction of sp³-hybridized carbons (Fsp3) is 0.438. The Kier molecular flexibility index (Phi) is 3.65. The van der Waals surface area contributed by atoms with Crippen molar-refractivity contribution < 1.29 is 4.79 Å². The fourth-order valence-corrected chi connectivity index (χ4v) is 2.84. The number of allylic oxidation sites excluding steroid dienone is 1. The SMILES string of the molecule is CCC1=C(C)C(=O)N/C1=C/c1[nH]c(C)c(CC)c1C. The number of H-pyrrole nitrogens is 1. The molecule has 0 spiro atoms. The lowest BCUT2D eigenvalue weighted by atomic mass is 10.0. The summed E-state index contributed by atoms with van der Waals surface area (Å²) in [5, 5.41) is 2.96. The third-order valence-electron chi connectivity index (χ3n) is 3.99. The number of aromatic amines is 1. The zero-order chi connectivity index (χ0) is 14.2. The summed E-state index contributed by atoms with van der Waals surface area (Å²) in [6.45, 7) is 10.4. The van der Waals surface area contributed by atoms with Crippen molar-refractivity contribution in [1.82, 2.24) is 10.3 Å². The second kappa shape index (κ2) is 5.08. The van der Waals surface area contributed by atoms with E-state index in [0.717, 1.165) is 35.4 Å². The second-order valence-corrected chi connectivity index (χ2v) is 5.09. The third kappa shape index (κ3) is 2.25. The van der Waals surface area contributed by atoms with E-state index in [0.29, 0.717) is 0 Å². The Morgan fingerprint density at radius 1 is 1.11 bits per heavy atom. The molecule has 0 fully saturated rings. The zero-order valence-electron chi connectivity index (χ0n) is 12.4. The monoisotopic (exact) mass is 258 g/mol. The minimum Gasteiger partial charge on any atom is -0.359 e. The minimum absolute atomic E-state index is 0.0275. The first kappa shape index (κ1) is 13.7. The molecule has 3 heteroatoms. The number of amides is 1. The van der Waals surface area contributed by atoms with Crippen molar-refractivity contribution in [3.63, 3.8) is 0 Å². The number of hydrogen-bond donors (Lipinski definition) is 2. The summed E-state index contributed by atoms with van der Waals surface area (Å²) in [4.78, 5) is 15.2. The van der Waals surface area contributed by atoms with Gasteiger partial charge in [0, 0.05) is 22.7 Å². The summed E-state index contributed by atoms with van der Waals surface area (Å²) in [6.07, 6.45) is 3.96. The van der Waals surface area contributed by atoms with Gasteiger partial charge in [0.1, 0.15) is 0 Å². The lowest BCUT2D eigenvalue weighted by Gasteiger charge is -2.03. The summed E-state index contributed by atoms with van der Waals surface area (Å²) >= 11 is 0. The first-order chi connectivity index (χ1) is 8.99. The zero-order valence-corrected chi connectivity index (χ0v) is 12.4. The highest BCUT2D eigenvalue weighted by molar-refractivity contribution is 6.00. The van der Waals surface area contributed by atoms with Crippen LogP contribution in [0.2, 0.25) is 0 Å². The Hall–Kier alpha value is -1.77. The maximum Gasteiger partial charge on any atom is 0.251 e. The van der Waals surface area contributed by atoms with E-state index in [1.54, 1.807) is 0 Å². The van der Waals surface area contributed by atoms with Crippen LogP contribution in [-0.4, -0.2) is 10.9 Å². The Morgan fingerprint density at radius 3 is 2.32 bits per heavy atom. The Labute approximate surface area is 114 Å². The summed E-state index contributed by atoms with van der Waals surface area (Å²) in [5.41, 5.74) is 7.87. The van der Waals surface area contributed by atoms with Gasteiger partial charge in [-0.1, -0.05) is 13.8 Å². The molecule has 0 atom stereocenters. The average molecular weight is 258 g/mol. The third-order valence-corrected chi connectivity index (χ3v) is 3.99. The molecule has 19 heavy (non-hydrogen) atoms.